The van der Waals surface area contributed by atoms with Crippen LogP contribution in [-0.4, -0.2) is 44.0 Å². The van der Waals surface area contributed by atoms with Crippen molar-refractivity contribution in [1.29, 1.82) is 0 Å². The number of carbonyl (C=O) groups is 1. The van der Waals surface area contributed by atoms with Crippen LogP contribution in [0.5, 0.6) is 11.5 Å². The monoisotopic (exact) mass is 461 g/mol. The van der Waals surface area contributed by atoms with E-state index in [2.05, 4.69) is 4.90 Å². The van der Waals surface area contributed by atoms with Crippen LogP contribution in [0.25, 0.3) is 6.08 Å². The lowest BCUT2D eigenvalue weighted by molar-refractivity contribution is 0.104. The van der Waals surface area contributed by atoms with Crippen LogP contribution >= 0.6 is 23.2 Å². The Balaban J connectivity index is 1.51. The van der Waals surface area contributed by atoms with Gasteiger partial charge < -0.3 is 14.4 Å². The van der Waals surface area contributed by atoms with Gasteiger partial charge in [0, 0.05) is 10.6 Å². The lowest BCUT2D eigenvalue weighted by atomic mass is 10.1. The quantitative estimate of drug-likeness (QED) is 0.228. The number of likely N-dealkylation sites (tertiary alicyclic amines) is 1. The first-order valence-corrected chi connectivity index (χ1v) is 11.5. The summed E-state index contributed by atoms with van der Waals surface area (Å²) in [6.07, 6.45) is 9.40. The number of ether oxygens (including phenoxy) is 2. The average molecular weight is 462 g/mol. The summed E-state index contributed by atoms with van der Waals surface area (Å²) in [5.74, 6) is 1.18. The molecule has 1 aliphatic rings. The Morgan fingerprint density at radius 2 is 1.84 bits per heavy atom. The van der Waals surface area contributed by atoms with Crippen LogP contribution in [0.15, 0.2) is 42.5 Å². The van der Waals surface area contributed by atoms with Gasteiger partial charge in [-0.1, -0.05) is 41.8 Å². The zero-order valence-corrected chi connectivity index (χ0v) is 19.4. The number of methoxy groups -OCH3 is 1. The van der Waals surface area contributed by atoms with Crippen LogP contribution < -0.4 is 9.47 Å². The molecule has 0 unspecified atom stereocenters. The fourth-order valence-electron chi connectivity index (χ4n) is 3.66. The van der Waals surface area contributed by atoms with Crippen LogP contribution in [0.1, 0.15) is 48.0 Å². The summed E-state index contributed by atoms with van der Waals surface area (Å²) in [4.78, 5) is 15.0. The molecule has 4 nitrogen and oxygen atoms in total. The number of allylic oxidation sites excluding steroid dienone is 1. The average Bonchev–Trinajstić information content (AvgIpc) is 2.78. The summed E-state index contributed by atoms with van der Waals surface area (Å²) in [5, 5.41) is 0.834. The number of piperidine rings is 1. The SMILES string of the molecule is COc1cc(/C=C/C(=O)c2ccc(Cl)cc2Cl)ccc1OCCCCN1CCCCC1. The van der Waals surface area contributed by atoms with Gasteiger partial charge in [0.15, 0.2) is 17.3 Å². The van der Waals surface area contributed by atoms with Crippen LogP contribution in [0.2, 0.25) is 10.0 Å². The van der Waals surface area contributed by atoms with E-state index in [1.807, 2.05) is 18.2 Å². The minimum Gasteiger partial charge on any atom is -0.493 e. The van der Waals surface area contributed by atoms with Gasteiger partial charge in [-0.3, -0.25) is 4.79 Å². The molecule has 0 amide bonds. The van der Waals surface area contributed by atoms with E-state index < -0.39 is 0 Å². The highest BCUT2D eigenvalue weighted by atomic mass is 35.5. The number of unbranched alkanes of at least 4 members (excludes halogenated alkanes) is 1. The summed E-state index contributed by atoms with van der Waals surface area (Å²) >= 11 is 12.0. The van der Waals surface area contributed by atoms with Gasteiger partial charge >= 0.3 is 0 Å². The minimum atomic E-state index is -0.185. The Kier molecular flexibility index (Phi) is 9.26. The van der Waals surface area contributed by atoms with Crippen molar-refractivity contribution in [3.05, 3.63) is 63.6 Å². The molecule has 1 heterocycles. The summed E-state index contributed by atoms with van der Waals surface area (Å²) in [7, 11) is 1.62. The Labute approximate surface area is 194 Å². The fourth-order valence-corrected chi connectivity index (χ4v) is 4.16. The van der Waals surface area contributed by atoms with Gasteiger partial charge in [-0.05, 0) is 87.3 Å². The predicted molar refractivity (Wildman–Crippen MR) is 128 cm³/mol. The van der Waals surface area contributed by atoms with E-state index >= 15 is 0 Å². The zero-order chi connectivity index (χ0) is 22.1. The van der Waals surface area contributed by atoms with E-state index in [-0.39, 0.29) is 5.78 Å². The molecule has 31 heavy (non-hydrogen) atoms. The van der Waals surface area contributed by atoms with Gasteiger partial charge in [0.1, 0.15) is 0 Å². The number of hydrogen-bond donors (Lipinski definition) is 0. The highest BCUT2D eigenvalue weighted by Gasteiger charge is 2.10. The third-order valence-electron chi connectivity index (χ3n) is 5.39. The predicted octanol–water partition coefficient (Wildman–Crippen LogP) is 6.54. The van der Waals surface area contributed by atoms with Crippen molar-refractivity contribution in [1.82, 2.24) is 4.90 Å². The fraction of sp³-hybridized carbons (Fsp3) is 0.400. The minimum absolute atomic E-state index is 0.185. The first-order valence-electron chi connectivity index (χ1n) is 10.8. The van der Waals surface area contributed by atoms with E-state index in [4.69, 9.17) is 32.7 Å². The van der Waals surface area contributed by atoms with E-state index in [9.17, 15) is 4.79 Å². The van der Waals surface area contributed by atoms with Crippen molar-refractivity contribution in [3.63, 3.8) is 0 Å². The molecule has 0 atom stereocenters. The normalized spacial score (nSPS) is 14.7. The van der Waals surface area contributed by atoms with E-state index in [0.29, 0.717) is 33.7 Å². The van der Waals surface area contributed by atoms with Crippen molar-refractivity contribution >= 4 is 35.1 Å². The van der Waals surface area contributed by atoms with Gasteiger partial charge in [-0.2, -0.15) is 0 Å². The maximum Gasteiger partial charge on any atom is 0.187 e. The van der Waals surface area contributed by atoms with Crippen LogP contribution in [-0.2, 0) is 0 Å². The molecular weight excluding hydrogens is 433 g/mol. The summed E-state index contributed by atoms with van der Waals surface area (Å²) < 4.78 is 11.4. The summed E-state index contributed by atoms with van der Waals surface area (Å²) in [6, 6.07) is 10.5. The molecule has 0 radical (unpaired) electrons. The third-order valence-corrected chi connectivity index (χ3v) is 5.93. The lowest BCUT2D eigenvalue weighted by Crippen LogP contribution is -2.30. The summed E-state index contributed by atoms with van der Waals surface area (Å²) in [5.41, 5.74) is 1.26. The first-order chi connectivity index (χ1) is 15.1. The molecule has 2 aromatic carbocycles. The molecule has 0 aliphatic carbocycles. The zero-order valence-electron chi connectivity index (χ0n) is 17.9. The van der Waals surface area contributed by atoms with Gasteiger partial charge in [0.25, 0.3) is 0 Å². The standard InChI is InChI=1S/C25H29Cl2NO3/c1-30-25-17-19(7-11-23(29)21-10-9-20(26)18-22(21)27)8-12-24(25)31-16-6-5-15-28-13-3-2-4-14-28/h7-12,17-18H,2-6,13-16H2,1H3/b11-7+. The molecule has 0 aromatic heterocycles. The van der Waals surface area contributed by atoms with Crippen molar-refractivity contribution < 1.29 is 14.3 Å². The number of carbonyl (C=O) groups excluding carboxylic acids is 1. The highest BCUT2D eigenvalue weighted by molar-refractivity contribution is 6.37. The van der Waals surface area contributed by atoms with E-state index in [0.717, 1.165) is 24.9 Å². The Hall–Kier alpha value is -2.01. The topological polar surface area (TPSA) is 38.8 Å². The molecule has 1 saturated heterocycles. The van der Waals surface area contributed by atoms with Gasteiger partial charge in [-0.25, -0.2) is 0 Å². The molecular formula is C25H29Cl2NO3. The van der Waals surface area contributed by atoms with Crippen molar-refractivity contribution in [2.75, 3.05) is 33.4 Å². The van der Waals surface area contributed by atoms with Crippen LogP contribution in [0.4, 0.5) is 0 Å². The molecule has 3 rings (SSSR count). The smallest absolute Gasteiger partial charge is 0.187 e. The van der Waals surface area contributed by atoms with Crippen LogP contribution in [0, 0.1) is 0 Å². The molecule has 0 bridgehead atoms. The molecule has 1 fully saturated rings. The first kappa shape index (κ1) is 23.6. The van der Waals surface area contributed by atoms with Gasteiger partial charge in [-0.15, -0.1) is 0 Å². The Bertz CT molecular complexity index is 908. The molecule has 0 N–H and O–H groups in total. The maximum absolute atomic E-state index is 12.4. The van der Waals surface area contributed by atoms with Crippen molar-refractivity contribution in [2.45, 2.75) is 32.1 Å². The van der Waals surface area contributed by atoms with Crippen molar-refractivity contribution in [2.24, 2.45) is 0 Å². The molecule has 0 spiro atoms. The Morgan fingerprint density at radius 1 is 1.03 bits per heavy atom. The summed E-state index contributed by atoms with van der Waals surface area (Å²) in [6.45, 7) is 4.27. The molecule has 0 saturated carbocycles. The maximum atomic E-state index is 12.4. The number of hydrogen-bond acceptors (Lipinski definition) is 4. The number of benzene rings is 2. The molecule has 6 heteroatoms. The van der Waals surface area contributed by atoms with E-state index in [1.165, 1.54) is 38.4 Å². The number of rotatable bonds is 10. The molecule has 1 aliphatic heterocycles. The van der Waals surface area contributed by atoms with E-state index in [1.54, 1.807) is 31.4 Å². The molecule has 2 aromatic rings. The largest absolute Gasteiger partial charge is 0.493 e. The van der Waals surface area contributed by atoms with Crippen LogP contribution in [0.3, 0.4) is 0 Å². The number of nitrogens with zero attached hydrogens (tertiary/aromatic N) is 1. The second-order valence-electron chi connectivity index (χ2n) is 7.69. The van der Waals surface area contributed by atoms with Gasteiger partial charge in [0.05, 0.1) is 18.7 Å². The third kappa shape index (κ3) is 7.27. The second-order valence-corrected chi connectivity index (χ2v) is 8.53. The lowest BCUT2D eigenvalue weighted by Gasteiger charge is -2.26. The Morgan fingerprint density at radius 3 is 2.58 bits per heavy atom. The number of halogens is 2. The molecule has 166 valence electrons. The second kappa shape index (κ2) is 12.1. The van der Waals surface area contributed by atoms with Crippen molar-refractivity contribution in [3.8, 4) is 11.5 Å². The number of ketones is 1. The van der Waals surface area contributed by atoms with Gasteiger partial charge in [0.2, 0.25) is 0 Å². The highest BCUT2D eigenvalue weighted by Crippen LogP contribution is 2.29.